The second-order valence-electron chi connectivity index (χ2n) is 4.25. The van der Waals surface area contributed by atoms with Gasteiger partial charge in [-0.15, -0.1) is 11.3 Å². The van der Waals surface area contributed by atoms with Crippen LogP contribution in [0.4, 0.5) is 5.69 Å². The van der Waals surface area contributed by atoms with Gasteiger partial charge in [-0.3, -0.25) is 4.79 Å². The highest BCUT2D eigenvalue weighted by Crippen LogP contribution is 2.26. The van der Waals surface area contributed by atoms with Crippen molar-refractivity contribution in [2.24, 2.45) is 5.92 Å². The molecule has 0 aromatic carbocycles. The van der Waals surface area contributed by atoms with Crippen LogP contribution < -0.4 is 5.73 Å². The van der Waals surface area contributed by atoms with Gasteiger partial charge in [-0.1, -0.05) is 0 Å². The Kier molecular flexibility index (Phi) is 3.16. The summed E-state index contributed by atoms with van der Waals surface area (Å²) in [5.74, 6) is 0.195. The largest absolute Gasteiger partial charge is 0.397 e. The van der Waals surface area contributed by atoms with Gasteiger partial charge in [0, 0.05) is 19.0 Å². The first-order valence-electron chi connectivity index (χ1n) is 5.40. The van der Waals surface area contributed by atoms with E-state index in [1.807, 2.05) is 5.38 Å². The summed E-state index contributed by atoms with van der Waals surface area (Å²) in [6.07, 6.45) is 0.521. The van der Waals surface area contributed by atoms with E-state index in [4.69, 9.17) is 5.73 Å². The predicted octanol–water partition coefficient (Wildman–Crippen LogP) is 1.17. The van der Waals surface area contributed by atoms with E-state index in [9.17, 15) is 9.90 Å². The Bertz CT molecular complexity index is 389. The normalized spacial score (nSPS) is 22.4. The minimum Gasteiger partial charge on any atom is -0.397 e. The number of nitrogens with two attached hydrogens (primary N) is 1. The molecule has 1 fully saturated rings. The highest BCUT2D eigenvalue weighted by molar-refractivity contribution is 7.12. The van der Waals surface area contributed by atoms with Crippen molar-refractivity contribution in [2.45, 2.75) is 19.4 Å². The lowest BCUT2D eigenvalue weighted by Gasteiger charge is -2.17. The first-order chi connectivity index (χ1) is 7.59. The molecule has 5 heteroatoms. The van der Waals surface area contributed by atoms with E-state index < -0.39 is 0 Å². The quantitative estimate of drug-likeness (QED) is 0.815. The highest BCUT2D eigenvalue weighted by atomic mass is 32.1. The third kappa shape index (κ3) is 2.05. The van der Waals surface area contributed by atoms with Crippen molar-refractivity contribution in [2.75, 3.05) is 18.8 Å². The van der Waals surface area contributed by atoms with Gasteiger partial charge in [0.05, 0.1) is 11.8 Å². The van der Waals surface area contributed by atoms with Crippen LogP contribution in [-0.4, -0.2) is 35.1 Å². The van der Waals surface area contributed by atoms with Crippen molar-refractivity contribution in [3.05, 3.63) is 16.3 Å². The molecule has 0 spiro atoms. The minimum atomic E-state index is -0.349. The number of anilines is 1. The van der Waals surface area contributed by atoms with Crippen molar-refractivity contribution in [3.8, 4) is 0 Å². The molecule has 3 N–H and O–H groups in total. The number of aliphatic hydroxyl groups is 1. The van der Waals surface area contributed by atoms with Crippen LogP contribution >= 0.6 is 11.3 Å². The second kappa shape index (κ2) is 4.43. The number of amides is 1. The van der Waals surface area contributed by atoms with Gasteiger partial charge in [-0.05, 0) is 24.8 Å². The molecule has 88 valence electrons. The summed E-state index contributed by atoms with van der Waals surface area (Å²) in [5.41, 5.74) is 6.27. The van der Waals surface area contributed by atoms with Crippen LogP contribution in [0.1, 0.15) is 23.0 Å². The molecule has 0 radical (unpaired) electrons. The van der Waals surface area contributed by atoms with Crippen molar-refractivity contribution >= 4 is 22.9 Å². The zero-order chi connectivity index (χ0) is 11.7. The molecule has 4 nitrogen and oxygen atoms in total. The maximum absolute atomic E-state index is 12.1. The first-order valence-corrected chi connectivity index (χ1v) is 6.28. The summed E-state index contributed by atoms with van der Waals surface area (Å²) in [6, 6.07) is 1.75. The molecule has 1 aromatic rings. The van der Waals surface area contributed by atoms with E-state index >= 15 is 0 Å². The van der Waals surface area contributed by atoms with Gasteiger partial charge < -0.3 is 15.7 Å². The summed E-state index contributed by atoms with van der Waals surface area (Å²) >= 11 is 1.38. The number of rotatable bonds is 2. The average molecular weight is 240 g/mol. The van der Waals surface area contributed by atoms with Crippen LogP contribution in [-0.2, 0) is 0 Å². The van der Waals surface area contributed by atoms with Crippen molar-refractivity contribution in [3.63, 3.8) is 0 Å². The highest BCUT2D eigenvalue weighted by Gasteiger charge is 2.30. The fourth-order valence-corrected chi connectivity index (χ4v) is 2.79. The van der Waals surface area contributed by atoms with Gasteiger partial charge in [-0.25, -0.2) is 0 Å². The molecule has 1 aliphatic heterocycles. The van der Waals surface area contributed by atoms with Gasteiger partial charge >= 0.3 is 0 Å². The zero-order valence-electron chi connectivity index (χ0n) is 9.22. The Morgan fingerprint density at radius 3 is 3.00 bits per heavy atom. The predicted molar refractivity (Wildman–Crippen MR) is 64.4 cm³/mol. The average Bonchev–Trinajstić information content (AvgIpc) is 2.84. The Labute approximate surface area is 98.7 Å². The van der Waals surface area contributed by atoms with Crippen molar-refractivity contribution in [1.82, 2.24) is 4.90 Å². The molecule has 0 aliphatic carbocycles. The molecule has 1 aliphatic rings. The number of carbonyl (C=O) groups excluding carboxylic acids is 1. The minimum absolute atomic E-state index is 0.00403. The first kappa shape index (κ1) is 11.4. The van der Waals surface area contributed by atoms with Crippen LogP contribution in [0.5, 0.6) is 0 Å². The maximum atomic E-state index is 12.1. The molecule has 1 amide bonds. The molecule has 1 saturated heterocycles. The Morgan fingerprint density at radius 1 is 1.75 bits per heavy atom. The van der Waals surface area contributed by atoms with Gasteiger partial charge in [-0.2, -0.15) is 0 Å². The fourth-order valence-electron chi connectivity index (χ4n) is 2.00. The van der Waals surface area contributed by atoms with E-state index in [1.165, 1.54) is 11.3 Å². The number of likely N-dealkylation sites (tertiary alicyclic amines) is 1. The van der Waals surface area contributed by atoms with E-state index in [0.29, 0.717) is 23.7 Å². The summed E-state index contributed by atoms with van der Waals surface area (Å²) in [4.78, 5) is 14.5. The maximum Gasteiger partial charge on any atom is 0.266 e. The topological polar surface area (TPSA) is 66.6 Å². The number of carbonyl (C=O) groups is 1. The van der Waals surface area contributed by atoms with Crippen LogP contribution in [0, 0.1) is 5.92 Å². The molecule has 2 unspecified atom stereocenters. The Hall–Kier alpha value is -1.07. The molecule has 0 bridgehead atoms. The SMILES string of the molecule is CC(O)C1CCN(C(=O)c2sccc2N)C1. The van der Waals surface area contributed by atoms with Crippen molar-refractivity contribution < 1.29 is 9.90 Å². The molecule has 16 heavy (non-hydrogen) atoms. The monoisotopic (exact) mass is 240 g/mol. The molecular formula is C11H16N2O2S. The Balaban J connectivity index is 2.05. The second-order valence-corrected chi connectivity index (χ2v) is 5.16. The standard InChI is InChI=1S/C11H16N2O2S/c1-7(14)8-2-4-13(6-8)11(15)10-9(12)3-5-16-10/h3,5,7-8,14H,2,4,6,12H2,1H3. The molecule has 2 heterocycles. The van der Waals surface area contributed by atoms with Crippen LogP contribution in [0.15, 0.2) is 11.4 Å². The fraction of sp³-hybridized carbons (Fsp3) is 0.545. The van der Waals surface area contributed by atoms with Gasteiger partial charge in [0.15, 0.2) is 0 Å². The molecule has 1 aromatic heterocycles. The number of nitrogens with zero attached hydrogens (tertiary/aromatic N) is 1. The number of hydrogen-bond donors (Lipinski definition) is 2. The summed E-state index contributed by atoms with van der Waals surface area (Å²) in [5, 5.41) is 11.3. The molecule has 0 saturated carbocycles. The lowest BCUT2D eigenvalue weighted by Crippen LogP contribution is -2.30. The van der Waals surface area contributed by atoms with E-state index in [2.05, 4.69) is 0 Å². The molecule has 2 atom stereocenters. The third-order valence-electron chi connectivity index (χ3n) is 3.08. The Morgan fingerprint density at radius 2 is 2.50 bits per heavy atom. The van der Waals surface area contributed by atoms with E-state index in [0.717, 1.165) is 6.42 Å². The smallest absolute Gasteiger partial charge is 0.266 e. The molecular weight excluding hydrogens is 224 g/mol. The lowest BCUT2D eigenvalue weighted by atomic mass is 10.0. The summed E-state index contributed by atoms with van der Waals surface area (Å²) in [7, 11) is 0. The molecule has 2 rings (SSSR count). The van der Waals surface area contributed by atoms with E-state index in [1.54, 1.807) is 17.9 Å². The van der Waals surface area contributed by atoms with Gasteiger partial charge in [0.2, 0.25) is 0 Å². The van der Waals surface area contributed by atoms with Crippen LogP contribution in [0.25, 0.3) is 0 Å². The third-order valence-corrected chi connectivity index (χ3v) is 4.00. The number of aliphatic hydroxyl groups excluding tert-OH is 1. The van der Waals surface area contributed by atoms with E-state index in [-0.39, 0.29) is 17.9 Å². The number of nitrogen functional groups attached to an aromatic ring is 1. The van der Waals surface area contributed by atoms with Crippen molar-refractivity contribution in [1.29, 1.82) is 0 Å². The van der Waals surface area contributed by atoms with Gasteiger partial charge in [0.1, 0.15) is 4.88 Å². The van der Waals surface area contributed by atoms with Crippen LogP contribution in [0.2, 0.25) is 0 Å². The zero-order valence-corrected chi connectivity index (χ0v) is 10.0. The van der Waals surface area contributed by atoms with Gasteiger partial charge in [0.25, 0.3) is 5.91 Å². The lowest BCUT2D eigenvalue weighted by molar-refractivity contribution is 0.0768. The summed E-state index contributed by atoms with van der Waals surface area (Å²) < 4.78 is 0. The number of thiophene rings is 1. The summed E-state index contributed by atoms with van der Waals surface area (Å²) in [6.45, 7) is 3.12. The number of hydrogen-bond acceptors (Lipinski definition) is 4. The van der Waals surface area contributed by atoms with Crippen LogP contribution in [0.3, 0.4) is 0 Å².